The molecule has 2 saturated heterocycles. The van der Waals surface area contributed by atoms with E-state index in [2.05, 4.69) is 34.5 Å². The third kappa shape index (κ3) is 3.02. The molecule has 2 heterocycles. The summed E-state index contributed by atoms with van der Waals surface area (Å²) >= 11 is 0. The third-order valence-electron chi connectivity index (χ3n) is 5.77. The van der Waals surface area contributed by atoms with Gasteiger partial charge >= 0.3 is 0 Å². The second-order valence-electron chi connectivity index (χ2n) is 7.57. The molecule has 2 aliphatic heterocycles. The van der Waals surface area contributed by atoms with Gasteiger partial charge in [0.1, 0.15) is 0 Å². The van der Waals surface area contributed by atoms with Crippen molar-refractivity contribution in [3.05, 3.63) is 35.4 Å². The van der Waals surface area contributed by atoms with Crippen LogP contribution >= 0.6 is 0 Å². The first-order valence-corrected chi connectivity index (χ1v) is 8.86. The summed E-state index contributed by atoms with van der Waals surface area (Å²) in [6.45, 7) is 6.24. The molecule has 114 valence electrons. The standard InChI is InChI=1S/C19H28N2/c1-2-6-18(16-7-8-16)17(5-1)13-21-12-4-10-19(15-21)9-3-11-20-14-19/h1-2,5-6,16,20H,3-4,7-15H2. The van der Waals surface area contributed by atoms with Crippen molar-refractivity contribution in [2.45, 2.75) is 51.0 Å². The lowest BCUT2D eigenvalue weighted by Gasteiger charge is -2.45. The van der Waals surface area contributed by atoms with Crippen LogP contribution in [0.15, 0.2) is 24.3 Å². The smallest absolute Gasteiger partial charge is 0.0236 e. The highest BCUT2D eigenvalue weighted by Crippen LogP contribution is 2.42. The van der Waals surface area contributed by atoms with Crippen LogP contribution in [-0.4, -0.2) is 31.1 Å². The normalized spacial score (nSPS) is 30.7. The van der Waals surface area contributed by atoms with Crippen LogP contribution in [0.2, 0.25) is 0 Å². The molecule has 3 aliphatic rings. The minimum Gasteiger partial charge on any atom is -0.316 e. The highest BCUT2D eigenvalue weighted by atomic mass is 15.1. The van der Waals surface area contributed by atoms with Gasteiger partial charge in [0.2, 0.25) is 0 Å². The van der Waals surface area contributed by atoms with Gasteiger partial charge in [-0.15, -0.1) is 0 Å². The van der Waals surface area contributed by atoms with Gasteiger partial charge in [-0.1, -0.05) is 24.3 Å². The molecule has 0 aromatic heterocycles. The fourth-order valence-electron chi connectivity index (χ4n) is 4.54. The van der Waals surface area contributed by atoms with Crippen molar-refractivity contribution < 1.29 is 0 Å². The van der Waals surface area contributed by atoms with Gasteiger partial charge in [-0.2, -0.15) is 0 Å². The van der Waals surface area contributed by atoms with Gasteiger partial charge in [-0.3, -0.25) is 4.90 Å². The number of rotatable bonds is 3. The zero-order valence-electron chi connectivity index (χ0n) is 13.1. The molecule has 2 heteroatoms. The fraction of sp³-hybridized carbons (Fsp3) is 0.684. The first kappa shape index (κ1) is 13.8. The maximum atomic E-state index is 3.64. The topological polar surface area (TPSA) is 15.3 Å². The number of nitrogens with one attached hydrogen (secondary N) is 1. The van der Waals surface area contributed by atoms with Gasteiger partial charge in [0.05, 0.1) is 0 Å². The van der Waals surface area contributed by atoms with Crippen molar-refractivity contribution in [3.8, 4) is 0 Å². The maximum absolute atomic E-state index is 3.64. The number of benzene rings is 1. The van der Waals surface area contributed by atoms with Gasteiger partial charge in [-0.05, 0) is 74.1 Å². The minimum atomic E-state index is 0.574. The highest BCUT2D eigenvalue weighted by Gasteiger charge is 2.36. The lowest BCUT2D eigenvalue weighted by atomic mass is 9.74. The number of nitrogens with zero attached hydrogens (tertiary/aromatic N) is 1. The summed E-state index contributed by atoms with van der Waals surface area (Å²) < 4.78 is 0. The first-order valence-electron chi connectivity index (χ1n) is 8.86. The molecule has 0 bridgehead atoms. The Labute approximate surface area is 128 Å². The first-order chi connectivity index (χ1) is 10.3. The molecule has 1 aromatic rings. The van der Waals surface area contributed by atoms with Crippen molar-refractivity contribution in [2.24, 2.45) is 5.41 Å². The van der Waals surface area contributed by atoms with Gasteiger partial charge in [0.25, 0.3) is 0 Å². The number of likely N-dealkylation sites (tertiary alicyclic amines) is 1. The van der Waals surface area contributed by atoms with Crippen molar-refractivity contribution in [1.29, 1.82) is 0 Å². The Kier molecular flexibility index (Phi) is 3.76. The molecule has 1 aromatic carbocycles. The van der Waals surface area contributed by atoms with Crippen LogP contribution in [0.1, 0.15) is 55.6 Å². The number of piperidine rings is 2. The molecule has 1 unspecified atom stereocenters. The van der Waals surface area contributed by atoms with Crippen molar-refractivity contribution in [1.82, 2.24) is 10.2 Å². The summed E-state index contributed by atoms with van der Waals surface area (Å²) in [5.74, 6) is 0.872. The van der Waals surface area contributed by atoms with E-state index in [9.17, 15) is 0 Å². The Morgan fingerprint density at radius 2 is 2.00 bits per heavy atom. The molecule has 3 fully saturated rings. The molecule has 0 radical (unpaired) electrons. The van der Waals surface area contributed by atoms with E-state index in [1.165, 1.54) is 71.2 Å². The molecule has 1 aliphatic carbocycles. The van der Waals surface area contributed by atoms with Crippen molar-refractivity contribution in [3.63, 3.8) is 0 Å². The second-order valence-corrected chi connectivity index (χ2v) is 7.57. The molecule has 1 saturated carbocycles. The largest absolute Gasteiger partial charge is 0.316 e. The van der Waals surface area contributed by atoms with E-state index >= 15 is 0 Å². The Balaban J connectivity index is 1.47. The monoisotopic (exact) mass is 284 g/mol. The Morgan fingerprint density at radius 3 is 2.81 bits per heavy atom. The van der Waals surface area contributed by atoms with E-state index < -0.39 is 0 Å². The van der Waals surface area contributed by atoms with Crippen LogP contribution in [0.5, 0.6) is 0 Å². The van der Waals surface area contributed by atoms with Gasteiger partial charge < -0.3 is 5.32 Å². The Hall–Kier alpha value is -0.860. The molecular formula is C19H28N2. The average Bonchev–Trinajstić information content (AvgIpc) is 3.33. The molecule has 1 N–H and O–H groups in total. The number of hydrogen-bond acceptors (Lipinski definition) is 2. The van der Waals surface area contributed by atoms with E-state index in [4.69, 9.17) is 0 Å². The van der Waals surface area contributed by atoms with Gasteiger partial charge in [0, 0.05) is 19.6 Å². The van der Waals surface area contributed by atoms with Gasteiger partial charge in [-0.25, -0.2) is 0 Å². The lowest BCUT2D eigenvalue weighted by molar-refractivity contribution is 0.0599. The number of hydrogen-bond donors (Lipinski definition) is 1. The van der Waals surface area contributed by atoms with Crippen molar-refractivity contribution >= 4 is 0 Å². The molecular weight excluding hydrogens is 256 g/mol. The average molecular weight is 284 g/mol. The van der Waals surface area contributed by atoms with Crippen LogP contribution in [0, 0.1) is 5.41 Å². The predicted molar refractivity (Wildman–Crippen MR) is 87.5 cm³/mol. The van der Waals surface area contributed by atoms with E-state index in [0.29, 0.717) is 5.41 Å². The SMILES string of the molecule is c1ccc(C2CC2)c(CN2CCCC3(CCCNC3)C2)c1. The molecule has 1 atom stereocenters. The fourth-order valence-corrected chi connectivity index (χ4v) is 4.54. The van der Waals surface area contributed by atoms with Crippen LogP contribution < -0.4 is 5.32 Å². The summed E-state index contributed by atoms with van der Waals surface area (Å²) in [6, 6.07) is 9.19. The van der Waals surface area contributed by atoms with Crippen LogP contribution in [0.4, 0.5) is 0 Å². The quantitative estimate of drug-likeness (QED) is 0.913. The minimum absolute atomic E-state index is 0.574. The molecule has 1 spiro atoms. The summed E-state index contributed by atoms with van der Waals surface area (Å²) in [5, 5.41) is 3.64. The van der Waals surface area contributed by atoms with Crippen LogP contribution in [0.25, 0.3) is 0 Å². The Morgan fingerprint density at radius 1 is 1.14 bits per heavy atom. The van der Waals surface area contributed by atoms with E-state index in [1.807, 2.05) is 0 Å². The summed E-state index contributed by atoms with van der Waals surface area (Å²) in [6.07, 6.45) is 8.43. The second kappa shape index (κ2) is 5.73. The van der Waals surface area contributed by atoms with E-state index in [1.54, 1.807) is 11.1 Å². The maximum Gasteiger partial charge on any atom is 0.0236 e. The Bertz CT molecular complexity index is 481. The lowest BCUT2D eigenvalue weighted by Crippen LogP contribution is -2.50. The zero-order valence-corrected chi connectivity index (χ0v) is 13.1. The summed E-state index contributed by atoms with van der Waals surface area (Å²) in [5.41, 5.74) is 3.81. The zero-order chi connectivity index (χ0) is 14.1. The van der Waals surface area contributed by atoms with Crippen LogP contribution in [-0.2, 0) is 6.54 Å². The molecule has 0 amide bonds. The van der Waals surface area contributed by atoms with Crippen molar-refractivity contribution in [2.75, 3.05) is 26.2 Å². The van der Waals surface area contributed by atoms with E-state index in [0.717, 1.165) is 5.92 Å². The van der Waals surface area contributed by atoms with Gasteiger partial charge in [0.15, 0.2) is 0 Å². The molecule has 2 nitrogen and oxygen atoms in total. The highest BCUT2D eigenvalue weighted by molar-refractivity contribution is 5.33. The van der Waals surface area contributed by atoms with Crippen LogP contribution in [0.3, 0.4) is 0 Å². The third-order valence-corrected chi connectivity index (χ3v) is 5.77. The van der Waals surface area contributed by atoms with E-state index in [-0.39, 0.29) is 0 Å². The summed E-state index contributed by atoms with van der Waals surface area (Å²) in [4.78, 5) is 2.73. The summed E-state index contributed by atoms with van der Waals surface area (Å²) in [7, 11) is 0. The predicted octanol–water partition coefficient (Wildman–Crippen LogP) is 3.53. The molecule has 21 heavy (non-hydrogen) atoms. The molecule has 4 rings (SSSR count).